The second-order valence-electron chi connectivity index (χ2n) is 7.80. The zero-order valence-electron chi connectivity index (χ0n) is 21.0. The van der Waals surface area contributed by atoms with Crippen molar-refractivity contribution in [2.45, 2.75) is 19.9 Å². The summed E-state index contributed by atoms with van der Waals surface area (Å²) in [7, 11) is 3.00. The molecule has 11 nitrogen and oxygen atoms in total. The van der Waals surface area contributed by atoms with Crippen LogP contribution < -0.4 is 30.3 Å². The number of carbonyl (C=O) groups is 3. The molecule has 202 valence electrons. The summed E-state index contributed by atoms with van der Waals surface area (Å²) < 4.78 is 22.9. The number of urea groups is 1. The molecular formula is C25H26Br2N4O7. The van der Waals surface area contributed by atoms with Crippen LogP contribution in [0, 0.1) is 0 Å². The number of methoxy groups -OCH3 is 2. The average molecular weight is 654 g/mol. The Balaban J connectivity index is 1.68. The number of halogens is 2. The number of hydrazone groups is 1. The van der Waals surface area contributed by atoms with Crippen LogP contribution in [-0.4, -0.2) is 51.6 Å². The number of nitrogens with one attached hydrogen (secondary N) is 3. The van der Waals surface area contributed by atoms with Crippen LogP contribution in [0.15, 0.2) is 55.6 Å². The van der Waals surface area contributed by atoms with E-state index in [0.29, 0.717) is 22.8 Å². The summed E-state index contributed by atoms with van der Waals surface area (Å²) >= 11 is 6.82. The predicted molar refractivity (Wildman–Crippen MR) is 146 cm³/mol. The SMILES string of the molecule is CCOC(=O)C1=C(C)NC(=O)N[C@@H]1c1ccc(OCC(=O)N/N=C\c2cc(Br)c(OC)c(Br)c2)c(OC)c1. The molecule has 13 heteroatoms. The van der Waals surface area contributed by atoms with E-state index in [2.05, 4.69) is 53.0 Å². The van der Waals surface area contributed by atoms with Crippen molar-refractivity contribution >= 4 is 56.0 Å². The van der Waals surface area contributed by atoms with Gasteiger partial charge in [0, 0.05) is 5.70 Å². The number of carbonyl (C=O) groups excluding carboxylic acids is 3. The third kappa shape index (κ3) is 7.04. The summed E-state index contributed by atoms with van der Waals surface area (Å²) in [5, 5.41) is 9.26. The zero-order chi connectivity index (χ0) is 27.8. The second kappa shape index (κ2) is 13.3. The highest BCUT2D eigenvalue weighted by Crippen LogP contribution is 2.35. The molecule has 1 heterocycles. The highest BCUT2D eigenvalue weighted by molar-refractivity contribution is 9.11. The molecule has 0 saturated heterocycles. The molecule has 0 aromatic heterocycles. The predicted octanol–water partition coefficient (Wildman–Crippen LogP) is 3.95. The third-order valence-corrected chi connectivity index (χ3v) is 6.45. The normalized spacial score (nSPS) is 15.0. The van der Waals surface area contributed by atoms with Crippen LogP contribution in [0.1, 0.15) is 31.0 Å². The average Bonchev–Trinajstić information content (AvgIpc) is 2.86. The number of ether oxygens (including phenoxy) is 4. The molecule has 2 aromatic rings. The van der Waals surface area contributed by atoms with Crippen LogP contribution in [0.4, 0.5) is 4.79 Å². The van der Waals surface area contributed by atoms with Gasteiger partial charge in [-0.2, -0.15) is 5.10 Å². The second-order valence-corrected chi connectivity index (χ2v) is 9.51. The van der Waals surface area contributed by atoms with Gasteiger partial charge in [0.1, 0.15) is 5.75 Å². The van der Waals surface area contributed by atoms with Crippen molar-refractivity contribution in [2.75, 3.05) is 27.4 Å². The Bertz CT molecular complexity index is 1270. The first kappa shape index (κ1) is 29.0. The van der Waals surface area contributed by atoms with Crippen molar-refractivity contribution in [3.05, 3.63) is 61.7 Å². The topological polar surface area (TPSA) is 137 Å². The van der Waals surface area contributed by atoms with Crippen molar-refractivity contribution in [1.29, 1.82) is 0 Å². The van der Waals surface area contributed by atoms with Gasteiger partial charge in [0.15, 0.2) is 18.1 Å². The highest BCUT2D eigenvalue weighted by Gasteiger charge is 2.32. The minimum Gasteiger partial charge on any atom is -0.494 e. The molecule has 0 aliphatic carbocycles. The summed E-state index contributed by atoms with van der Waals surface area (Å²) in [6.07, 6.45) is 1.48. The van der Waals surface area contributed by atoms with Gasteiger partial charge in [0.2, 0.25) is 0 Å². The molecule has 0 radical (unpaired) electrons. The summed E-state index contributed by atoms with van der Waals surface area (Å²) in [5.74, 6) is 0.198. The van der Waals surface area contributed by atoms with Gasteiger partial charge in [0.05, 0.1) is 47.6 Å². The maximum Gasteiger partial charge on any atom is 0.338 e. The molecule has 0 unspecified atom stereocenters. The quantitative estimate of drug-likeness (QED) is 0.201. The molecule has 1 atom stereocenters. The van der Waals surface area contributed by atoms with E-state index in [9.17, 15) is 14.4 Å². The van der Waals surface area contributed by atoms with Crippen LogP contribution in [-0.2, 0) is 14.3 Å². The molecule has 38 heavy (non-hydrogen) atoms. The standard InChI is InChI=1S/C25H26Br2N4O7/c1-5-37-24(33)21-13(2)29-25(34)30-22(21)15-6-7-18(19(10-15)35-3)38-12-20(32)31-28-11-14-8-16(26)23(36-4)17(27)9-14/h6-11,22H,5,12H2,1-4H3,(H,31,32)(H2,29,30,34)/b28-11-/t22-/m1/s1. The summed E-state index contributed by atoms with van der Waals surface area (Å²) in [5.41, 5.74) is 4.35. The lowest BCUT2D eigenvalue weighted by molar-refractivity contribution is -0.139. The number of hydrogen-bond donors (Lipinski definition) is 3. The number of amides is 3. The van der Waals surface area contributed by atoms with Crippen LogP contribution >= 0.6 is 31.9 Å². The largest absolute Gasteiger partial charge is 0.494 e. The fourth-order valence-corrected chi connectivity index (χ4v) is 5.16. The number of hydrogen-bond acceptors (Lipinski definition) is 8. The Labute approximate surface area is 236 Å². The van der Waals surface area contributed by atoms with Gasteiger partial charge in [0.25, 0.3) is 5.91 Å². The maximum absolute atomic E-state index is 12.5. The monoisotopic (exact) mass is 652 g/mol. The molecule has 0 spiro atoms. The molecule has 0 fully saturated rings. The first-order valence-electron chi connectivity index (χ1n) is 11.3. The lowest BCUT2D eigenvalue weighted by atomic mass is 9.95. The summed E-state index contributed by atoms with van der Waals surface area (Å²) in [6, 6.07) is 7.23. The maximum atomic E-state index is 12.5. The molecule has 0 bridgehead atoms. The van der Waals surface area contributed by atoms with Crippen molar-refractivity contribution in [1.82, 2.24) is 16.1 Å². The van der Waals surface area contributed by atoms with E-state index in [-0.39, 0.29) is 24.5 Å². The van der Waals surface area contributed by atoms with Gasteiger partial charge in [-0.1, -0.05) is 6.07 Å². The lowest BCUT2D eigenvalue weighted by Crippen LogP contribution is -2.45. The van der Waals surface area contributed by atoms with Crippen LogP contribution in [0.25, 0.3) is 0 Å². The first-order chi connectivity index (χ1) is 18.2. The van der Waals surface area contributed by atoms with Gasteiger partial charge < -0.3 is 29.6 Å². The molecule has 1 aliphatic rings. The number of benzene rings is 2. The minimum absolute atomic E-state index is 0.188. The first-order valence-corrected chi connectivity index (χ1v) is 12.9. The highest BCUT2D eigenvalue weighted by atomic mass is 79.9. The Kier molecular flexibility index (Phi) is 10.1. The molecule has 3 amide bonds. The fraction of sp³-hybridized carbons (Fsp3) is 0.280. The molecule has 3 N–H and O–H groups in total. The summed E-state index contributed by atoms with van der Waals surface area (Å²) in [4.78, 5) is 36.9. The van der Waals surface area contributed by atoms with E-state index in [4.69, 9.17) is 18.9 Å². The number of allylic oxidation sites excluding steroid dienone is 1. The Morgan fingerprint density at radius 2 is 1.82 bits per heavy atom. The smallest absolute Gasteiger partial charge is 0.338 e. The Hall–Kier alpha value is -3.58. The van der Waals surface area contributed by atoms with Gasteiger partial charge in [-0.15, -0.1) is 0 Å². The van der Waals surface area contributed by atoms with E-state index in [0.717, 1.165) is 14.5 Å². The van der Waals surface area contributed by atoms with Gasteiger partial charge >= 0.3 is 12.0 Å². The minimum atomic E-state index is -0.763. The van der Waals surface area contributed by atoms with Crippen molar-refractivity contribution in [3.63, 3.8) is 0 Å². The van der Waals surface area contributed by atoms with Gasteiger partial charge in [-0.05, 0) is 81.1 Å². The van der Waals surface area contributed by atoms with E-state index in [1.165, 1.54) is 13.3 Å². The summed E-state index contributed by atoms with van der Waals surface area (Å²) in [6.45, 7) is 3.18. The van der Waals surface area contributed by atoms with Crippen LogP contribution in [0.3, 0.4) is 0 Å². The van der Waals surface area contributed by atoms with Crippen molar-refractivity contribution in [2.24, 2.45) is 5.10 Å². The molecule has 3 rings (SSSR count). The van der Waals surface area contributed by atoms with E-state index in [1.54, 1.807) is 51.3 Å². The van der Waals surface area contributed by atoms with E-state index in [1.807, 2.05) is 0 Å². The lowest BCUT2D eigenvalue weighted by Gasteiger charge is -2.28. The zero-order valence-corrected chi connectivity index (χ0v) is 24.2. The molecule has 1 aliphatic heterocycles. The number of esters is 1. The Morgan fingerprint density at radius 1 is 1.11 bits per heavy atom. The third-order valence-electron chi connectivity index (χ3n) is 5.27. The number of nitrogens with zero attached hydrogens (tertiary/aromatic N) is 1. The van der Waals surface area contributed by atoms with Gasteiger partial charge in [-0.25, -0.2) is 15.0 Å². The van der Waals surface area contributed by atoms with Crippen molar-refractivity contribution < 1.29 is 33.3 Å². The number of rotatable bonds is 10. The Morgan fingerprint density at radius 3 is 2.45 bits per heavy atom. The fourth-order valence-electron chi connectivity index (χ4n) is 3.61. The van der Waals surface area contributed by atoms with E-state index >= 15 is 0 Å². The molecular weight excluding hydrogens is 628 g/mol. The van der Waals surface area contributed by atoms with E-state index < -0.39 is 23.9 Å². The van der Waals surface area contributed by atoms with Crippen LogP contribution in [0.5, 0.6) is 17.2 Å². The van der Waals surface area contributed by atoms with Crippen LogP contribution in [0.2, 0.25) is 0 Å². The van der Waals surface area contributed by atoms with Gasteiger partial charge in [-0.3, -0.25) is 4.79 Å². The molecule has 0 saturated carbocycles. The molecule has 2 aromatic carbocycles. The van der Waals surface area contributed by atoms with Crippen molar-refractivity contribution in [3.8, 4) is 17.2 Å².